The van der Waals surface area contributed by atoms with Gasteiger partial charge >= 0.3 is 10.4 Å². The molecule has 4 aliphatic carbocycles. The number of rotatable bonds is 2. The lowest BCUT2D eigenvalue weighted by Crippen LogP contribution is -2.54. The van der Waals surface area contributed by atoms with Crippen molar-refractivity contribution in [3.8, 4) is 0 Å². The van der Waals surface area contributed by atoms with Crippen molar-refractivity contribution in [2.24, 2.45) is 34.5 Å². The van der Waals surface area contributed by atoms with E-state index in [2.05, 4.69) is 13.8 Å². The molecule has 0 unspecified atom stereocenters. The number of aliphatic hydroxyl groups is 1. The highest BCUT2D eigenvalue weighted by Gasteiger charge is 2.61. The number of hydrogen-bond acceptors (Lipinski definition) is 4. The molecule has 0 heterocycles. The zero-order valence-corrected chi connectivity index (χ0v) is 16.2. The predicted octanol–water partition coefficient (Wildman–Crippen LogP) is 3.58. The van der Waals surface area contributed by atoms with Gasteiger partial charge in [0.15, 0.2) is 0 Å². The number of hydrogen-bond donors (Lipinski definition) is 2. The molecule has 0 aromatic carbocycles. The lowest BCUT2D eigenvalue weighted by molar-refractivity contribution is -0.131. The minimum absolute atomic E-state index is 0.123. The zero-order chi connectivity index (χ0) is 18.0. The van der Waals surface area contributed by atoms with Gasteiger partial charge in [-0.25, -0.2) is 4.18 Å². The smallest absolute Gasteiger partial charge is 0.393 e. The Bertz CT molecular complexity index is 634. The summed E-state index contributed by atoms with van der Waals surface area (Å²) in [6.45, 7) is 4.62. The molecule has 0 saturated heterocycles. The average molecular weight is 373 g/mol. The average Bonchev–Trinajstić information content (AvgIpc) is 2.83. The van der Waals surface area contributed by atoms with Crippen LogP contribution in [0, 0.1) is 34.5 Å². The Hall–Kier alpha value is -0.170. The third kappa shape index (κ3) is 2.88. The highest BCUT2D eigenvalue weighted by atomic mass is 32.3. The molecule has 4 saturated carbocycles. The molecular weight excluding hydrogens is 340 g/mol. The van der Waals surface area contributed by atoms with E-state index in [4.69, 9.17) is 8.74 Å². The van der Waals surface area contributed by atoms with Gasteiger partial charge in [0.1, 0.15) is 0 Å². The highest BCUT2D eigenvalue weighted by Crippen LogP contribution is 2.66. The van der Waals surface area contributed by atoms with Gasteiger partial charge in [-0.1, -0.05) is 13.8 Å². The van der Waals surface area contributed by atoms with E-state index in [0.717, 1.165) is 44.9 Å². The summed E-state index contributed by atoms with van der Waals surface area (Å²) >= 11 is 0. The van der Waals surface area contributed by atoms with Crippen molar-refractivity contribution < 1.29 is 22.3 Å². The SMILES string of the molecule is C[C@]12CC[C@@H](O)C[C@@H]1CC[C@H]1[C@H]3CC[C@H](OS(=O)(=O)O)[C@@]3(C)CC[C@@H]12. The van der Waals surface area contributed by atoms with E-state index in [0.29, 0.717) is 29.1 Å². The zero-order valence-electron chi connectivity index (χ0n) is 15.4. The molecule has 0 aliphatic heterocycles. The van der Waals surface area contributed by atoms with Gasteiger partial charge in [0.25, 0.3) is 0 Å². The maximum absolute atomic E-state index is 11.3. The van der Waals surface area contributed by atoms with Gasteiger partial charge in [-0.2, -0.15) is 8.42 Å². The largest absolute Gasteiger partial charge is 0.397 e. The summed E-state index contributed by atoms with van der Waals surface area (Å²) in [5, 5.41) is 10.1. The minimum atomic E-state index is -4.39. The Balaban J connectivity index is 1.58. The van der Waals surface area contributed by atoms with Crippen LogP contribution in [0.25, 0.3) is 0 Å². The Labute approximate surface area is 151 Å². The van der Waals surface area contributed by atoms with Gasteiger partial charge in [-0.05, 0) is 92.3 Å². The molecule has 4 rings (SSSR count). The van der Waals surface area contributed by atoms with Gasteiger partial charge in [-0.15, -0.1) is 0 Å². The van der Waals surface area contributed by atoms with Crippen molar-refractivity contribution in [3.63, 3.8) is 0 Å². The van der Waals surface area contributed by atoms with Crippen molar-refractivity contribution in [2.75, 3.05) is 0 Å². The van der Waals surface area contributed by atoms with Crippen LogP contribution in [-0.4, -0.2) is 30.3 Å². The minimum Gasteiger partial charge on any atom is -0.393 e. The van der Waals surface area contributed by atoms with Crippen LogP contribution in [0.15, 0.2) is 0 Å². The summed E-state index contributed by atoms with van der Waals surface area (Å²) in [7, 11) is -4.39. The molecule has 144 valence electrons. The first-order valence-corrected chi connectivity index (χ1v) is 11.3. The third-order valence-corrected chi connectivity index (χ3v) is 9.26. The van der Waals surface area contributed by atoms with Crippen LogP contribution >= 0.6 is 0 Å². The van der Waals surface area contributed by atoms with E-state index >= 15 is 0 Å². The molecule has 5 nitrogen and oxygen atoms in total. The number of fused-ring (bicyclic) bond motifs is 5. The van der Waals surface area contributed by atoms with Crippen LogP contribution in [0.2, 0.25) is 0 Å². The van der Waals surface area contributed by atoms with E-state index in [9.17, 15) is 13.5 Å². The molecule has 4 aliphatic rings. The third-order valence-electron chi connectivity index (χ3n) is 8.79. The number of aliphatic hydroxyl groups excluding tert-OH is 1. The van der Waals surface area contributed by atoms with Crippen molar-refractivity contribution in [2.45, 2.75) is 83.8 Å². The van der Waals surface area contributed by atoms with Crippen molar-refractivity contribution in [1.29, 1.82) is 0 Å². The molecule has 4 fully saturated rings. The van der Waals surface area contributed by atoms with Crippen molar-refractivity contribution >= 4 is 10.4 Å². The normalized spacial score (nSPS) is 53.0. The first kappa shape index (κ1) is 18.2. The van der Waals surface area contributed by atoms with Crippen LogP contribution in [0.1, 0.15) is 71.6 Å². The molecule has 0 spiro atoms. The fourth-order valence-corrected chi connectivity index (χ4v) is 8.10. The van der Waals surface area contributed by atoms with Crippen LogP contribution in [0.4, 0.5) is 0 Å². The molecule has 25 heavy (non-hydrogen) atoms. The molecule has 6 heteroatoms. The summed E-state index contributed by atoms with van der Waals surface area (Å²) < 4.78 is 36.8. The Morgan fingerprint density at radius 3 is 2.32 bits per heavy atom. The maximum atomic E-state index is 11.3. The van der Waals surface area contributed by atoms with Gasteiger partial charge in [0, 0.05) is 0 Å². The van der Waals surface area contributed by atoms with Crippen LogP contribution < -0.4 is 0 Å². The fourth-order valence-electron chi connectivity index (χ4n) is 7.49. The Morgan fingerprint density at radius 1 is 0.920 bits per heavy atom. The second kappa shape index (κ2) is 5.91. The van der Waals surface area contributed by atoms with E-state index in [1.165, 1.54) is 12.8 Å². The second-order valence-corrected chi connectivity index (χ2v) is 10.8. The molecule has 8 atom stereocenters. The topological polar surface area (TPSA) is 83.8 Å². The van der Waals surface area contributed by atoms with Gasteiger partial charge in [0.05, 0.1) is 12.2 Å². The maximum Gasteiger partial charge on any atom is 0.397 e. The Kier molecular flexibility index (Phi) is 4.31. The van der Waals surface area contributed by atoms with E-state index in [1.54, 1.807) is 0 Å². The van der Waals surface area contributed by atoms with Gasteiger partial charge in [-0.3, -0.25) is 4.55 Å². The van der Waals surface area contributed by atoms with Crippen LogP contribution in [-0.2, 0) is 14.6 Å². The van der Waals surface area contributed by atoms with Gasteiger partial charge < -0.3 is 5.11 Å². The first-order valence-electron chi connectivity index (χ1n) is 9.97. The Morgan fingerprint density at radius 2 is 1.60 bits per heavy atom. The highest BCUT2D eigenvalue weighted by molar-refractivity contribution is 7.80. The standard InChI is InChI=1S/C19H32O5S/c1-18-9-7-13(20)11-12(18)3-4-14-15-5-6-17(24-25(21,22)23)19(15,2)10-8-16(14)18/h12-17,20H,3-11H2,1-2H3,(H,21,22,23)/t12-,13+,14-,15+,16-,17-,18-,19-/m0/s1. The molecule has 2 N–H and O–H groups in total. The van der Waals surface area contributed by atoms with Crippen LogP contribution in [0.3, 0.4) is 0 Å². The summed E-state index contributed by atoms with van der Waals surface area (Å²) in [4.78, 5) is 0. The molecular formula is C19H32O5S. The van der Waals surface area contributed by atoms with Crippen LogP contribution in [0.5, 0.6) is 0 Å². The first-order chi connectivity index (χ1) is 11.6. The van der Waals surface area contributed by atoms with Crippen molar-refractivity contribution in [3.05, 3.63) is 0 Å². The summed E-state index contributed by atoms with van der Waals surface area (Å²) in [5.74, 6) is 2.43. The second-order valence-electron chi connectivity index (χ2n) is 9.72. The summed E-state index contributed by atoms with van der Waals surface area (Å²) in [6, 6.07) is 0. The lowest BCUT2D eigenvalue weighted by Gasteiger charge is -2.60. The monoisotopic (exact) mass is 372 g/mol. The summed E-state index contributed by atoms with van der Waals surface area (Å²) in [6.07, 6.45) is 8.69. The molecule has 0 aromatic heterocycles. The van der Waals surface area contributed by atoms with E-state index < -0.39 is 10.4 Å². The van der Waals surface area contributed by atoms with Gasteiger partial charge in [0.2, 0.25) is 0 Å². The molecule has 0 aromatic rings. The lowest BCUT2D eigenvalue weighted by atomic mass is 9.45. The van der Waals surface area contributed by atoms with Crippen molar-refractivity contribution in [1.82, 2.24) is 0 Å². The van der Waals surface area contributed by atoms with E-state index in [-0.39, 0.29) is 17.6 Å². The quantitative estimate of drug-likeness (QED) is 0.724. The van der Waals surface area contributed by atoms with E-state index in [1.807, 2.05) is 0 Å². The summed E-state index contributed by atoms with van der Waals surface area (Å²) in [5.41, 5.74) is 0.180. The fraction of sp³-hybridized carbons (Fsp3) is 1.00. The molecule has 0 radical (unpaired) electrons. The molecule has 0 bridgehead atoms. The predicted molar refractivity (Wildman–Crippen MR) is 94.2 cm³/mol. The molecule has 0 amide bonds.